The van der Waals surface area contributed by atoms with Crippen LogP contribution in [0.1, 0.15) is 25.5 Å². The molecule has 0 bridgehead atoms. The predicted molar refractivity (Wildman–Crippen MR) is 88.5 cm³/mol. The number of carbonyl (C=O) groups excluding carboxylic acids is 2. The van der Waals surface area contributed by atoms with Gasteiger partial charge in [0.05, 0.1) is 18.4 Å². The lowest BCUT2D eigenvalue weighted by Gasteiger charge is -2.17. The number of carbonyl (C=O) groups is 2. The topological polar surface area (TPSA) is 98.8 Å². The monoisotopic (exact) mass is 355 g/mol. The Balaban J connectivity index is 2.66. The number of ether oxygens (including phenoxy) is 2. The minimum Gasteiger partial charge on any atom is -0.460 e. The molecule has 0 amide bonds. The van der Waals surface area contributed by atoms with Crippen LogP contribution in [-0.2, 0) is 29.1 Å². The van der Waals surface area contributed by atoms with E-state index >= 15 is 0 Å². The minimum absolute atomic E-state index is 0.209. The molecule has 0 aliphatic rings. The van der Waals surface area contributed by atoms with E-state index in [0.29, 0.717) is 5.56 Å². The molecular formula is C16H21NO6S. The van der Waals surface area contributed by atoms with E-state index in [4.69, 9.17) is 9.47 Å². The van der Waals surface area contributed by atoms with Crippen molar-refractivity contribution in [1.82, 2.24) is 4.72 Å². The molecule has 0 aliphatic heterocycles. The van der Waals surface area contributed by atoms with Crippen molar-refractivity contribution in [2.24, 2.45) is 0 Å². The van der Waals surface area contributed by atoms with Gasteiger partial charge < -0.3 is 9.47 Å². The molecule has 1 rings (SSSR count). The largest absolute Gasteiger partial charge is 0.460 e. The molecule has 1 atom stereocenters. The van der Waals surface area contributed by atoms with E-state index in [0.717, 1.165) is 18.4 Å². The Kier molecular flexibility index (Phi) is 7.60. The molecule has 0 spiro atoms. The van der Waals surface area contributed by atoms with Crippen LogP contribution in [0, 0.1) is 0 Å². The summed E-state index contributed by atoms with van der Waals surface area (Å²) in [7, 11) is -3.49. The number of esters is 2. The first-order chi connectivity index (χ1) is 11.2. The second-order valence-electron chi connectivity index (χ2n) is 5.30. The summed E-state index contributed by atoms with van der Waals surface area (Å²) in [6, 6.07) is 7.99. The molecule has 0 aliphatic carbocycles. The molecule has 0 heterocycles. The van der Waals surface area contributed by atoms with Crippen molar-refractivity contribution in [1.29, 1.82) is 0 Å². The second kappa shape index (κ2) is 9.19. The molecule has 24 heavy (non-hydrogen) atoms. The smallest absolute Gasteiger partial charge is 0.331 e. The van der Waals surface area contributed by atoms with Gasteiger partial charge in [0, 0.05) is 12.2 Å². The normalized spacial score (nSPS) is 13.0. The van der Waals surface area contributed by atoms with Gasteiger partial charge in [0.1, 0.15) is 6.61 Å². The lowest BCUT2D eigenvalue weighted by molar-refractivity contribution is -0.143. The van der Waals surface area contributed by atoms with Crippen molar-refractivity contribution in [3.05, 3.63) is 48.0 Å². The maximum Gasteiger partial charge on any atom is 0.331 e. The van der Waals surface area contributed by atoms with Gasteiger partial charge in [-0.3, -0.25) is 0 Å². The Hall–Kier alpha value is -2.19. The molecule has 0 radical (unpaired) electrons. The summed E-state index contributed by atoms with van der Waals surface area (Å²) in [6.07, 6.45) is 2.63. The van der Waals surface area contributed by atoms with Crippen LogP contribution >= 0.6 is 0 Å². The summed E-state index contributed by atoms with van der Waals surface area (Å²) < 4.78 is 35.1. The van der Waals surface area contributed by atoms with Crippen molar-refractivity contribution < 1.29 is 27.5 Å². The van der Waals surface area contributed by atoms with Crippen molar-refractivity contribution in [2.45, 2.75) is 26.0 Å². The van der Waals surface area contributed by atoms with Crippen LogP contribution in [0.25, 0.3) is 0 Å². The maximum atomic E-state index is 11.6. The quantitative estimate of drug-likeness (QED) is 0.558. The fourth-order valence-electron chi connectivity index (χ4n) is 1.76. The molecule has 0 aromatic heterocycles. The predicted octanol–water partition coefficient (Wildman–Crippen LogP) is 1.33. The highest BCUT2D eigenvalue weighted by atomic mass is 32.2. The fourth-order valence-corrected chi connectivity index (χ4v) is 2.48. The molecule has 132 valence electrons. The van der Waals surface area contributed by atoms with Gasteiger partial charge in [-0.2, -0.15) is 0 Å². The molecule has 1 N–H and O–H groups in total. The third kappa shape index (κ3) is 8.44. The van der Waals surface area contributed by atoms with E-state index in [1.54, 1.807) is 44.2 Å². The minimum atomic E-state index is -3.49. The Labute approximate surface area is 141 Å². The van der Waals surface area contributed by atoms with Crippen LogP contribution in [0.4, 0.5) is 0 Å². The number of sulfonamides is 1. The zero-order valence-electron chi connectivity index (χ0n) is 13.8. The fraction of sp³-hybridized carbons (Fsp3) is 0.375. The summed E-state index contributed by atoms with van der Waals surface area (Å²) >= 11 is 0. The number of nitrogens with one attached hydrogen (secondary N) is 1. The van der Waals surface area contributed by atoms with Crippen LogP contribution in [0.3, 0.4) is 0 Å². The molecule has 0 saturated heterocycles. The maximum absolute atomic E-state index is 11.6. The highest BCUT2D eigenvalue weighted by Gasteiger charge is 2.17. The van der Waals surface area contributed by atoms with Gasteiger partial charge >= 0.3 is 11.9 Å². The molecule has 0 fully saturated rings. The van der Waals surface area contributed by atoms with Crippen LogP contribution < -0.4 is 4.72 Å². The number of rotatable bonds is 8. The second-order valence-corrected chi connectivity index (χ2v) is 7.08. The SMILES string of the molecule is CC(C)OC(=O)/C=C/C(=O)OCC(NS(C)(=O)=O)c1ccccc1. The van der Waals surface area contributed by atoms with E-state index in [1.807, 2.05) is 0 Å². The highest BCUT2D eigenvalue weighted by molar-refractivity contribution is 7.88. The van der Waals surface area contributed by atoms with Crippen molar-refractivity contribution >= 4 is 22.0 Å². The van der Waals surface area contributed by atoms with E-state index in [-0.39, 0.29) is 12.7 Å². The molecule has 1 unspecified atom stereocenters. The van der Waals surface area contributed by atoms with Crippen LogP contribution in [0.2, 0.25) is 0 Å². The standard InChI is InChI=1S/C16H21NO6S/c1-12(2)23-16(19)10-9-15(18)22-11-14(17-24(3,20)21)13-7-5-4-6-8-13/h4-10,12,14,17H,11H2,1-3H3/b10-9+. The Morgan fingerprint density at radius 1 is 1.12 bits per heavy atom. The molecule has 1 aromatic rings. The van der Waals surface area contributed by atoms with Gasteiger partial charge in [-0.25, -0.2) is 22.7 Å². The summed E-state index contributed by atoms with van der Waals surface area (Å²) in [5.74, 6) is -1.43. The van der Waals surface area contributed by atoms with Gasteiger partial charge in [-0.1, -0.05) is 30.3 Å². The first-order valence-corrected chi connectivity index (χ1v) is 9.14. The van der Waals surface area contributed by atoms with Crippen LogP contribution in [0.15, 0.2) is 42.5 Å². The van der Waals surface area contributed by atoms with E-state index in [1.165, 1.54) is 0 Å². The number of hydrogen-bond donors (Lipinski definition) is 1. The summed E-state index contributed by atoms with van der Waals surface area (Å²) in [5, 5.41) is 0. The first kappa shape index (κ1) is 19.9. The summed E-state index contributed by atoms with van der Waals surface area (Å²) in [5.41, 5.74) is 0.652. The van der Waals surface area contributed by atoms with Crippen molar-refractivity contribution in [3.63, 3.8) is 0 Å². The third-order valence-corrected chi connectivity index (χ3v) is 3.37. The Morgan fingerprint density at radius 3 is 2.25 bits per heavy atom. The Morgan fingerprint density at radius 2 is 1.71 bits per heavy atom. The van der Waals surface area contributed by atoms with Crippen molar-refractivity contribution in [3.8, 4) is 0 Å². The molecular weight excluding hydrogens is 334 g/mol. The Bertz CT molecular complexity index is 682. The van der Waals surface area contributed by atoms with Gasteiger partial charge in [-0.15, -0.1) is 0 Å². The average Bonchev–Trinajstić information content (AvgIpc) is 2.48. The van der Waals surface area contributed by atoms with Crippen LogP contribution in [0.5, 0.6) is 0 Å². The van der Waals surface area contributed by atoms with Crippen LogP contribution in [-0.4, -0.2) is 39.3 Å². The summed E-state index contributed by atoms with van der Waals surface area (Å²) in [4.78, 5) is 22.9. The molecule has 1 aromatic carbocycles. The lowest BCUT2D eigenvalue weighted by Crippen LogP contribution is -2.31. The van der Waals surface area contributed by atoms with E-state index < -0.39 is 28.0 Å². The zero-order valence-corrected chi connectivity index (χ0v) is 14.6. The number of hydrogen-bond acceptors (Lipinski definition) is 6. The third-order valence-electron chi connectivity index (χ3n) is 2.66. The lowest BCUT2D eigenvalue weighted by atomic mass is 10.1. The zero-order chi connectivity index (χ0) is 18.2. The van der Waals surface area contributed by atoms with Crippen molar-refractivity contribution in [2.75, 3.05) is 12.9 Å². The average molecular weight is 355 g/mol. The van der Waals surface area contributed by atoms with E-state index in [2.05, 4.69) is 4.72 Å². The van der Waals surface area contributed by atoms with E-state index in [9.17, 15) is 18.0 Å². The number of benzene rings is 1. The molecule has 8 heteroatoms. The molecule has 0 saturated carbocycles. The molecule has 7 nitrogen and oxygen atoms in total. The summed E-state index contributed by atoms with van der Waals surface area (Å²) in [6.45, 7) is 3.16. The van der Waals surface area contributed by atoms with Gasteiger partial charge in [0.2, 0.25) is 10.0 Å². The van der Waals surface area contributed by atoms with Gasteiger partial charge in [-0.05, 0) is 19.4 Å². The van der Waals surface area contributed by atoms with Gasteiger partial charge in [0.15, 0.2) is 0 Å². The highest BCUT2D eigenvalue weighted by Crippen LogP contribution is 2.14. The van der Waals surface area contributed by atoms with Gasteiger partial charge in [0.25, 0.3) is 0 Å². The first-order valence-electron chi connectivity index (χ1n) is 7.25.